The van der Waals surface area contributed by atoms with Crippen LogP contribution in [0.1, 0.15) is 43.6 Å². The molecule has 1 amide bonds. The molecule has 1 aliphatic heterocycles. The first kappa shape index (κ1) is 16.8. The third-order valence-corrected chi connectivity index (χ3v) is 5.32. The lowest BCUT2D eigenvalue weighted by molar-refractivity contribution is -0.139. The molecule has 3 heterocycles. The Bertz CT molecular complexity index is 912. The van der Waals surface area contributed by atoms with Gasteiger partial charge in [-0.15, -0.1) is 0 Å². The minimum atomic E-state index is -0.188. The van der Waals surface area contributed by atoms with Gasteiger partial charge in [-0.05, 0) is 30.2 Å². The molecule has 0 unspecified atom stereocenters. The van der Waals surface area contributed by atoms with Gasteiger partial charge < -0.3 is 9.47 Å². The maximum atomic E-state index is 13.2. The maximum Gasteiger partial charge on any atom is 0.245 e. The summed E-state index contributed by atoms with van der Waals surface area (Å²) in [6.07, 6.45) is 5.27. The van der Waals surface area contributed by atoms with Crippen molar-refractivity contribution in [3.05, 3.63) is 60.2 Å². The number of benzene rings is 1. The smallest absolute Gasteiger partial charge is 0.245 e. The molecule has 4 rings (SSSR count). The molecule has 0 bridgehead atoms. The number of fused-ring (bicyclic) bond motifs is 1. The first-order chi connectivity index (χ1) is 12.7. The molecule has 0 N–H and O–H groups in total. The Balaban J connectivity index is 1.58. The van der Waals surface area contributed by atoms with Crippen molar-refractivity contribution in [1.82, 2.24) is 19.4 Å². The normalized spacial score (nSPS) is 15.8. The van der Waals surface area contributed by atoms with Gasteiger partial charge in [0.2, 0.25) is 5.91 Å². The van der Waals surface area contributed by atoms with E-state index in [-0.39, 0.29) is 11.9 Å². The van der Waals surface area contributed by atoms with Crippen molar-refractivity contribution in [2.75, 3.05) is 13.1 Å². The van der Waals surface area contributed by atoms with Crippen molar-refractivity contribution in [3.63, 3.8) is 0 Å². The van der Waals surface area contributed by atoms with E-state index in [1.54, 1.807) is 6.20 Å². The Morgan fingerprint density at radius 1 is 1.19 bits per heavy atom. The Morgan fingerprint density at radius 2 is 2.00 bits per heavy atom. The van der Waals surface area contributed by atoms with E-state index < -0.39 is 0 Å². The molecule has 5 nitrogen and oxygen atoms in total. The molecule has 1 aromatic carbocycles. The van der Waals surface area contributed by atoms with Crippen LogP contribution in [0.5, 0.6) is 0 Å². The van der Waals surface area contributed by atoms with E-state index in [1.165, 1.54) is 5.56 Å². The first-order valence-corrected chi connectivity index (χ1v) is 9.37. The van der Waals surface area contributed by atoms with Gasteiger partial charge in [0.1, 0.15) is 11.9 Å². The van der Waals surface area contributed by atoms with Gasteiger partial charge in [-0.1, -0.05) is 32.0 Å². The molecule has 5 heteroatoms. The lowest BCUT2D eigenvalue weighted by Gasteiger charge is -2.41. The highest BCUT2D eigenvalue weighted by atomic mass is 16.2. The summed E-state index contributed by atoms with van der Waals surface area (Å²) in [4.78, 5) is 24.1. The van der Waals surface area contributed by atoms with Gasteiger partial charge in [-0.2, -0.15) is 0 Å². The SMILES string of the molecule is CCc1nc2ccccc2n1[C@H](CC)C(=O)N1CC(c2cccnc2)C1. The third-order valence-electron chi connectivity index (χ3n) is 5.32. The van der Waals surface area contributed by atoms with E-state index in [0.29, 0.717) is 5.92 Å². The topological polar surface area (TPSA) is 51.0 Å². The van der Waals surface area contributed by atoms with Gasteiger partial charge in [0.15, 0.2) is 0 Å². The minimum Gasteiger partial charge on any atom is -0.340 e. The zero-order valence-corrected chi connectivity index (χ0v) is 15.3. The summed E-state index contributed by atoms with van der Waals surface area (Å²) in [5.74, 6) is 1.58. The number of imidazole rings is 1. The molecular weight excluding hydrogens is 324 g/mol. The van der Waals surface area contributed by atoms with Gasteiger partial charge in [-0.25, -0.2) is 4.98 Å². The van der Waals surface area contributed by atoms with Gasteiger partial charge in [-0.3, -0.25) is 9.78 Å². The maximum absolute atomic E-state index is 13.2. The molecule has 1 atom stereocenters. The van der Waals surface area contributed by atoms with Gasteiger partial charge in [0.25, 0.3) is 0 Å². The molecule has 1 aliphatic rings. The van der Waals surface area contributed by atoms with Crippen LogP contribution in [0.3, 0.4) is 0 Å². The third kappa shape index (κ3) is 2.77. The molecule has 26 heavy (non-hydrogen) atoms. The molecule has 3 aromatic rings. The van der Waals surface area contributed by atoms with Crippen LogP contribution in [0.25, 0.3) is 11.0 Å². The fourth-order valence-corrected chi connectivity index (χ4v) is 3.86. The summed E-state index contributed by atoms with van der Waals surface area (Å²) in [6.45, 7) is 5.72. The fourth-order valence-electron chi connectivity index (χ4n) is 3.86. The Labute approximate surface area is 153 Å². The average molecular weight is 348 g/mol. The van der Waals surface area contributed by atoms with Crippen LogP contribution in [-0.4, -0.2) is 38.4 Å². The quantitative estimate of drug-likeness (QED) is 0.708. The number of amides is 1. The van der Waals surface area contributed by atoms with E-state index in [1.807, 2.05) is 35.4 Å². The second kappa shape index (κ2) is 6.90. The number of aromatic nitrogens is 3. The number of nitrogens with zero attached hydrogens (tertiary/aromatic N) is 4. The minimum absolute atomic E-state index is 0.188. The molecule has 2 aromatic heterocycles. The molecule has 0 radical (unpaired) electrons. The van der Waals surface area contributed by atoms with E-state index in [0.717, 1.165) is 42.8 Å². The van der Waals surface area contributed by atoms with Crippen molar-refractivity contribution < 1.29 is 4.79 Å². The summed E-state index contributed by atoms with van der Waals surface area (Å²) in [7, 11) is 0. The standard InChI is InChI=1S/C21H24N4O/c1-3-18(25-19-10-6-5-9-17(19)23-20(25)4-2)21(26)24-13-16(14-24)15-8-7-11-22-12-15/h5-12,16,18H,3-4,13-14H2,1-2H3/t18-/m1/s1. The summed E-state index contributed by atoms with van der Waals surface area (Å²) < 4.78 is 2.15. The highest BCUT2D eigenvalue weighted by Gasteiger charge is 2.36. The largest absolute Gasteiger partial charge is 0.340 e. The lowest BCUT2D eigenvalue weighted by Crippen LogP contribution is -2.51. The lowest BCUT2D eigenvalue weighted by atomic mass is 9.92. The average Bonchev–Trinajstić information content (AvgIpc) is 3.01. The number of carbonyl (C=O) groups excluding carboxylic acids is 1. The number of hydrogen-bond acceptors (Lipinski definition) is 3. The highest BCUT2D eigenvalue weighted by molar-refractivity contribution is 5.85. The van der Waals surface area contributed by atoms with Crippen molar-refractivity contribution >= 4 is 16.9 Å². The van der Waals surface area contributed by atoms with Crippen LogP contribution in [0, 0.1) is 0 Å². The van der Waals surface area contributed by atoms with Crippen LogP contribution < -0.4 is 0 Å². The zero-order chi connectivity index (χ0) is 18.1. The van der Waals surface area contributed by atoms with Gasteiger partial charge in [0, 0.05) is 37.8 Å². The predicted molar refractivity (Wildman–Crippen MR) is 102 cm³/mol. The number of likely N-dealkylation sites (tertiary alicyclic amines) is 1. The highest BCUT2D eigenvalue weighted by Crippen LogP contribution is 2.31. The van der Waals surface area contributed by atoms with E-state index in [9.17, 15) is 4.79 Å². The molecule has 0 spiro atoms. The van der Waals surface area contributed by atoms with Gasteiger partial charge in [0.05, 0.1) is 11.0 Å². The van der Waals surface area contributed by atoms with Crippen molar-refractivity contribution in [2.45, 2.75) is 38.6 Å². The Kier molecular flexibility index (Phi) is 4.45. The van der Waals surface area contributed by atoms with E-state index in [4.69, 9.17) is 4.98 Å². The van der Waals surface area contributed by atoms with Crippen LogP contribution in [0.15, 0.2) is 48.8 Å². The Morgan fingerprint density at radius 3 is 2.69 bits per heavy atom. The van der Waals surface area contributed by atoms with Crippen molar-refractivity contribution in [2.24, 2.45) is 0 Å². The summed E-state index contributed by atoms with van der Waals surface area (Å²) in [6, 6.07) is 12.0. The molecule has 0 aliphatic carbocycles. The van der Waals surface area contributed by atoms with Crippen LogP contribution in [-0.2, 0) is 11.2 Å². The van der Waals surface area contributed by atoms with E-state index >= 15 is 0 Å². The van der Waals surface area contributed by atoms with Gasteiger partial charge >= 0.3 is 0 Å². The Hall–Kier alpha value is -2.69. The number of para-hydroxylation sites is 2. The van der Waals surface area contributed by atoms with Crippen molar-refractivity contribution in [1.29, 1.82) is 0 Å². The molecule has 0 saturated carbocycles. The number of pyridine rings is 1. The van der Waals surface area contributed by atoms with Crippen LogP contribution in [0.4, 0.5) is 0 Å². The number of hydrogen-bond donors (Lipinski definition) is 0. The number of aryl methyl sites for hydroxylation is 1. The summed E-state index contributed by atoms with van der Waals surface area (Å²) in [5, 5.41) is 0. The monoisotopic (exact) mass is 348 g/mol. The first-order valence-electron chi connectivity index (χ1n) is 9.37. The second-order valence-corrected chi connectivity index (χ2v) is 6.89. The number of carbonyl (C=O) groups is 1. The summed E-state index contributed by atoms with van der Waals surface area (Å²) in [5.41, 5.74) is 3.23. The second-order valence-electron chi connectivity index (χ2n) is 6.89. The van der Waals surface area contributed by atoms with Crippen molar-refractivity contribution in [3.8, 4) is 0 Å². The number of rotatable bonds is 5. The molecule has 1 saturated heterocycles. The van der Waals surface area contributed by atoms with E-state index in [2.05, 4.69) is 35.5 Å². The summed E-state index contributed by atoms with van der Waals surface area (Å²) >= 11 is 0. The molecule has 1 fully saturated rings. The predicted octanol–water partition coefficient (Wildman–Crippen LogP) is 3.57. The van der Waals surface area contributed by atoms with Crippen LogP contribution >= 0.6 is 0 Å². The fraction of sp³-hybridized carbons (Fsp3) is 0.381. The zero-order valence-electron chi connectivity index (χ0n) is 15.3. The van der Waals surface area contributed by atoms with Crippen LogP contribution in [0.2, 0.25) is 0 Å². The molecular formula is C21H24N4O. The molecule has 134 valence electrons.